The van der Waals surface area contributed by atoms with Crippen LogP contribution in [-0.4, -0.2) is 42.0 Å². The second-order valence-corrected chi connectivity index (χ2v) is 10.7. The molecule has 1 aliphatic carbocycles. The number of fused-ring (bicyclic) bond motifs is 1. The molecule has 1 heterocycles. The standard InChI is InChI=1S/C33H38N2O4/c1-24-8-7-11-27(20-24)23-35(32(36)17-15-26-14-16-30-31(22-26)39-19-18-38-30)29(21-25-9-3-2-4-10-25)33(37)34-28-12-5-6-13-28/h2-4,7-11,14,16,20,22,28-29H,5-6,12-13,15,17-19,21,23H2,1H3,(H,34,37)/t29-/m1/s1. The molecule has 6 heteroatoms. The molecule has 1 N–H and O–H groups in total. The van der Waals surface area contributed by atoms with Crippen molar-refractivity contribution < 1.29 is 19.1 Å². The predicted octanol–water partition coefficient (Wildman–Crippen LogP) is 5.40. The van der Waals surface area contributed by atoms with Gasteiger partial charge in [0, 0.05) is 25.4 Å². The third kappa shape index (κ3) is 7.20. The van der Waals surface area contributed by atoms with Crippen LogP contribution in [0.4, 0.5) is 0 Å². The number of benzene rings is 3. The fraction of sp³-hybridized carbons (Fsp3) is 0.394. The number of hydrogen-bond acceptors (Lipinski definition) is 4. The van der Waals surface area contributed by atoms with E-state index in [1.165, 1.54) is 0 Å². The number of hydrogen-bond donors (Lipinski definition) is 1. The Morgan fingerprint density at radius 2 is 1.62 bits per heavy atom. The Hall–Kier alpha value is -3.80. The van der Waals surface area contributed by atoms with E-state index in [0.717, 1.165) is 59.4 Å². The molecule has 1 fully saturated rings. The molecular formula is C33H38N2O4. The zero-order chi connectivity index (χ0) is 27.0. The van der Waals surface area contributed by atoms with Crippen LogP contribution in [0.5, 0.6) is 11.5 Å². The van der Waals surface area contributed by atoms with Crippen molar-refractivity contribution in [2.75, 3.05) is 13.2 Å². The summed E-state index contributed by atoms with van der Waals surface area (Å²) in [7, 11) is 0. The second-order valence-electron chi connectivity index (χ2n) is 10.7. The number of amides is 2. The zero-order valence-corrected chi connectivity index (χ0v) is 22.7. The molecule has 0 radical (unpaired) electrons. The van der Waals surface area contributed by atoms with Crippen LogP contribution in [0.3, 0.4) is 0 Å². The minimum Gasteiger partial charge on any atom is -0.486 e. The third-order valence-electron chi connectivity index (χ3n) is 7.64. The summed E-state index contributed by atoms with van der Waals surface area (Å²) >= 11 is 0. The van der Waals surface area contributed by atoms with Crippen LogP contribution >= 0.6 is 0 Å². The molecule has 0 spiro atoms. The van der Waals surface area contributed by atoms with Gasteiger partial charge in [-0.2, -0.15) is 0 Å². The van der Waals surface area contributed by atoms with Gasteiger partial charge in [0.1, 0.15) is 19.3 Å². The molecular weight excluding hydrogens is 488 g/mol. The van der Waals surface area contributed by atoms with Gasteiger partial charge in [-0.25, -0.2) is 0 Å². The van der Waals surface area contributed by atoms with E-state index in [-0.39, 0.29) is 17.9 Å². The van der Waals surface area contributed by atoms with E-state index in [4.69, 9.17) is 9.47 Å². The smallest absolute Gasteiger partial charge is 0.243 e. The lowest BCUT2D eigenvalue weighted by Crippen LogP contribution is -2.52. The molecule has 5 rings (SSSR count). The van der Waals surface area contributed by atoms with Gasteiger partial charge in [0.25, 0.3) is 0 Å². The van der Waals surface area contributed by atoms with Crippen LogP contribution in [0.25, 0.3) is 0 Å². The Bertz CT molecular complexity index is 1270. The highest BCUT2D eigenvalue weighted by Crippen LogP contribution is 2.31. The quantitative estimate of drug-likeness (QED) is 0.384. The van der Waals surface area contributed by atoms with E-state index in [2.05, 4.69) is 11.4 Å². The van der Waals surface area contributed by atoms with Crippen molar-refractivity contribution in [2.45, 2.75) is 70.5 Å². The van der Waals surface area contributed by atoms with E-state index in [1.54, 1.807) is 4.90 Å². The molecule has 39 heavy (non-hydrogen) atoms. The lowest BCUT2D eigenvalue weighted by molar-refractivity contribution is -0.141. The monoisotopic (exact) mass is 526 g/mol. The number of ether oxygens (including phenoxy) is 2. The summed E-state index contributed by atoms with van der Waals surface area (Å²) in [6.45, 7) is 3.50. The molecule has 1 atom stereocenters. The Kier molecular flexibility index (Phi) is 8.82. The number of carbonyl (C=O) groups is 2. The molecule has 0 saturated heterocycles. The van der Waals surface area contributed by atoms with E-state index in [0.29, 0.717) is 39.0 Å². The highest BCUT2D eigenvalue weighted by Gasteiger charge is 2.32. The van der Waals surface area contributed by atoms with Gasteiger partial charge in [-0.3, -0.25) is 9.59 Å². The van der Waals surface area contributed by atoms with Crippen molar-refractivity contribution in [1.29, 1.82) is 0 Å². The summed E-state index contributed by atoms with van der Waals surface area (Å²) in [5.74, 6) is 1.37. The fourth-order valence-electron chi connectivity index (χ4n) is 5.57. The summed E-state index contributed by atoms with van der Waals surface area (Å²) in [5.41, 5.74) is 4.21. The maximum atomic E-state index is 14.0. The number of rotatable bonds is 10. The van der Waals surface area contributed by atoms with Crippen molar-refractivity contribution in [3.8, 4) is 11.5 Å². The molecule has 204 valence electrons. The van der Waals surface area contributed by atoms with Crippen LogP contribution < -0.4 is 14.8 Å². The van der Waals surface area contributed by atoms with E-state index in [9.17, 15) is 9.59 Å². The summed E-state index contributed by atoms with van der Waals surface area (Å²) in [4.78, 5) is 29.6. The lowest BCUT2D eigenvalue weighted by Gasteiger charge is -2.32. The first kappa shape index (κ1) is 26.8. The average molecular weight is 527 g/mol. The Labute approximate surface area is 231 Å². The fourth-order valence-corrected chi connectivity index (χ4v) is 5.57. The van der Waals surface area contributed by atoms with Crippen molar-refractivity contribution in [1.82, 2.24) is 10.2 Å². The van der Waals surface area contributed by atoms with Gasteiger partial charge in [0.15, 0.2) is 11.5 Å². The number of aryl methyl sites for hydroxylation is 2. The van der Waals surface area contributed by atoms with Crippen molar-refractivity contribution in [3.63, 3.8) is 0 Å². The molecule has 0 aromatic heterocycles. The predicted molar refractivity (Wildman–Crippen MR) is 152 cm³/mol. The molecule has 3 aromatic rings. The van der Waals surface area contributed by atoms with E-state index in [1.807, 2.05) is 73.7 Å². The van der Waals surface area contributed by atoms with Crippen molar-refractivity contribution in [2.24, 2.45) is 0 Å². The van der Waals surface area contributed by atoms with Crippen LogP contribution in [0.1, 0.15) is 54.4 Å². The van der Waals surface area contributed by atoms with Crippen LogP contribution in [-0.2, 0) is 29.0 Å². The largest absolute Gasteiger partial charge is 0.486 e. The highest BCUT2D eigenvalue weighted by molar-refractivity contribution is 5.88. The number of nitrogens with zero attached hydrogens (tertiary/aromatic N) is 1. The zero-order valence-electron chi connectivity index (χ0n) is 22.7. The maximum Gasteiger partial charge on any atom is 0.243 e. The van der Waals surface area contributed by atoms with E-state index >= 15 is 0 Å². The summed E-state index contributed by atoms with van der Waals surface area (Å²) < 4.78 is 11.4. The van der Waals surface area contributed by atoms with Gasteiger partial charge in [-0.15, -0.1) is 0 Å². The van der Waals surface area contributed by atoms with Crippen molar-refractivity contribution in [3.05, 3.63) is 95.1 Å². The average Bonchev–Trinajstić information content (AvgIpc) is 3.47. The lowest BCUT2D eigenvalue weighted by atomic mass is 10.0. The summed E-state index contributed by atoms with van der Waals surface area (Å²) in [6.07, 6.45) is 5.60. The Morgan fingerprint density at radius 1 is 0.872 bits per heavy atom. The van der Waals surface area contributed by atoms with Crippen LogP contribution in [0.2, 0.25) is 0 Å². The Morgan fingerprint density at radius 3 is 2.38 bits per heavy atom. The summed E-state index contributed by atoms with van der Waals surface area (Å²) in [5, 5.41) is 3.28. The molecule has 0 unspecified atom stereocenters. The van der Waals surface area contributed by atoms with Gasteiger partial charge in [0.2, 0.25) is 11.8 Å². The van der Waals surface area contributed by atoms with Crippen molar-refractivity contribution >= 4 is 11.8 Å². The van der Waals surface area contributed by atoms with Crippen LogP contribution in [0, 0.1) is 6.92 Å². The minimum atomic E-state index is -0.596. The molecule has 6 nitrogen and oxygen atoms in total. The SMILES string of the molecule is Cc1cccc(CN(C(=O)CCc2ccc3c(c2)OCCO3)[C@H](Cc2ccccc2)C(=O)NC2CCCC2)c1. The maximum absolute atomic E-state index is 14.0. The van der Waals surface area contributed by atoms with Gasteiger partial charge >= 0.3 is 0 Å². The number of carbonyl (C=O) groups excluding carboxylic acids is 2. The van der Waals surface area contributed by atoms with Gasteiger partial charge in [-0.1, -0.05) is 79.1 Å². The molecule has 3 aromatic carbocycles. The molecule has 2 amide bonds. The first-order valence-electron chi connectivity index (χ1n) is 14.1. The highest BCUT2D eigenvalue weighted by atomic mass is 16.6. The van der Waals surface area contributed by atoms with Gasteiger partial charge < -0.3 is 19.7 Å². The Balaban J connectivity index is 1.39. The molecule has 1 saturated carbocycles. The number of nitrogens with one attached hydrogen (secondary N) is 1. The molecule has 2 aliphatic rings. The topological polar surface area (TPSA) is 67.9 Å². The minimum absolute atomic E-state index is 0.0334. The van der Waals surface area contributed by atoms with Gasteiger partial charge in [0.05, 0.1) is 0 Å². The second kappa shape index (κ2) is 12.8. The molecule has 0 bridgehead atoms. The normalized spacial score (nSPS) is 15.5. The van der Waals surface area contributed by atoms with Crippen LogP contribution in [0.15, 0.2) is 72.8 Å². The van der Waals surface area contributed by atoms with E-state index < -0.39 is 6.04 Å². The first-order valence-corrected chi connectivity index (χ1v) is 14.1. The first-order chi connectivity index (χ1) is 19.0. The third-order valence-corrected chi connectivity index (χ3v) is 7.64. The van der Waals surface area contributed by atoms with Gasteiger partial charge in [-0.05, 0) is 55.0 Å². The summed E-state index contributed by atoms with van der Waals surface area (Å²) in [6, 6.07) is 23.6. The molecule has 1 aliphatic heterocycles.